The second-order valence-electron chi connectivity index (χ2n) is 4.01. The number of carboxylic acids is 1. The van der Waals surface area contributed by atoms with E-state index in [9.17, 15) is 18.9 Å². The van der Waals surface area contributed by atoms with Gasteiger partial charge in [-0.05, 0) is 17.7 Å². The van der Waals surface area contributed by atoms with E-state index in [4.69, 9.17) is 5.11 Å². The molecule has 0 heterocycles. The van der Waals surface area contributed by atoms with Crippen LogP contribution in [0, 0.1) is 0 Å². The molecule has 0 aliphatic carbocycles. The molecule has 0 spiro atoms. The number of benzene rings is 1. The first-order chi connectivity index (χ1) is 8.88. The number of rotatable bonds is 6. The van der Waals surface area contributed by atoms with Gasteiger partial charge in [-0.1, -0.05) is 12.1 Å². The van der Waals surface area contributed by atoms with Crippen LogP contribution >= 0.6 is 0 Å². The lowest BCUT2D eigenvalue weighted by molar-refractivity contribution is -0.140. The van der Waals surface area contributed by atoms with Crippen molar-refractivity contribution in [2.75, 3.05) is 5.75 Å². The Hall–Kier alpha value is -1.89. The molecule has 104 valence electrons. The van der Waals surface area contributed by atoms with Crippen LogP contribution in [0.15, 0.2) is 24.3 Å². The largest absolute Gasteiger partial charge is 0.508 e. The average Bonchev–Trinajstić information content (AvgIpc) is 2.27. The van der Waals surface area contributed by atoms with E-state index in [0.717, 1.165) is 0 Å². The molecule has 0 saturated heterocycles. The van der Waals surface area contributed by atoms with E-state index in [-0.39, 0.29) is 17.3 Å². The van der Waals surface area contributed by atoms with Gasteiger partial charge in [0.05, 0.1) is 5.75 Å². The normalized spacial score (nSPS) is 13.5. The number of phenols is 1. The van der Waals surface area contributed by atoms with Gasteiger partial charge >= 0.3 is 5.97 Å². The van der Waals surface area contributed by atoms with Crippen LogP contribution < -0.4 is 5.32 Å². The number of hydrogen-bond donors (Lipinski definition) is 3. The third-order valence-electron chi connectivity index (χ3n) is 2.27. The highest BCUT2D eigenvalue weighted by Crippen LogP contribution is 2.12. The summed E-state index contributed by atoms with van der Waals surface area (Å²) in [5.41, 5.74) is 0.644. The summed E-state index contributed by atoms with van der Waals surface area (Å²) in [4.78, 5) is 21.7. The van der Waals surface area contributed by atoms with Crippen LogP contribution in [0.1, 0.15) is 12.5 Å². The quantitative estimate of drug-likeness (QED) is 0.694. The summed E-state index contributed by atoms with van der Waals surface area (Å²) in [5, 5.41) is 20.4. The molecular weight excluding hydrogens is 270 g/mol. The van der Waals surface area contributed by atoms with Crippen LogP contribution in [-0.4, -0.2) is 38.1 Å². The van der Waals surface area contributed by atoms with Crippen LogP contribution in [0.4, 0.5) is 0 Å². The monoisotopic (exact) mass is 285 g/mol. The Morgan fingerprint density at radius 1 is 1.42 bits per heavy atom. The Morgan fingerprint density at radius 2 is 2.11 bits per heavy atom. The maximum atomic E-state index is 11.8. The van der Waals surface area contributed by atoms with E-state index in [0.29, 0.717) is 5.56 Å². The molecule has 1 aromatic carbocycles. The van der Waals surface area contributed by atoms with Crippen molar-refractivity contribution >= 4 is 22.7 Å². The number of amides is 1. The lowest BCUT2D eigenvalue weighted by Gasteiger charge is -2.12. The number of nitrogens with one attached hydrogen (secondary N) is 1. The topological polar surface area (TPSA) is 104 Å². The molecule has 2 unspecified atom stereocenters. The minimum atomic E-state index is -1.45. The second-order valence-corrected chi connectivity index (χ2v) is 5.51. The maximum absolute atomic E-state index is 11.8. The number of phenolic OH excluding ortho intramolecular Hbond substituents is 1. The van der Waals surface area contributed by atoms with Crippen LogP contribution in [0.3, 0.4) is 0 Å². The smallest absolute Gasteiger partial charge is 0.327 e. The van der Waals surface area contributed by atoms with Gasteiger partial charge in [-0.25, -0.2) is 4.79 Å². The van der Waals surface area contributed by atoms with Gasteiger partial charge in [0, 0.05) is 23.5 Å². The highest BCUT2D eigenvalue weighted by atomic mass is 32.2. The van der Waals surface area contributed by atoms with Gasteiger partial charge in [0.1, 0.15) is 11.8 Å². The van der Waals surface area contributed by atoms with Crippen molar-refractivity contribution in [3.8, 4) is 5.75 Å². The van der Waals surface area contributed by atoms with E-state index in [2.05, 4.69) is 5.32 Å². The lowest BCUT2D eigenvalue weighted by atomic mass is 10.2. The number of aromatic hydroxyl groups is 1. The summed E-state index contributed by atoms with van der Waals surface area (Å²) in [6, 6.07) is 5.09. The van der Waals surface area contributed by atoms with E-state index < -0.39 is 28.7 Å². The first-order valence-electron chi connectivity index (χ1n) is 5.51. The maximum Gasteiger partial charge on any atom is 0.327 e. The minimum Gasteiger partial charge on any atom is -0.508 e. The predicted octanol–water partition coefficient (Wildman–Crippen LogP) is 0.230. The van der Waals surface area contributed by atoms with Crippen LogP contribution in [0.2, 0.25) is 0 Å². The molecule has 1 aromatic rings. The molecule has 1 rings (SSSR count). The van der Waals surface area contributed by atoms with Gasteiger partial charge in [-0.15, -0.1) is 0 Å². The number of carbonyl (C=O) groups is 2. The van der Waals surface area contributed by atoms with Crippen LogP contribution in [0.5, 0.6) is 5.75 Å². The Bertz CT molecular complexity index is 503. The van der Waals surface area contributed by atoms with Gasteiger partial charge < -0.3 is 15.5 Å². The van der Waals surface area contributed by atoms with Gasteiger partial charge in [-0.2, -0.15) is 0 Å². The molecule has 0 aliphatic rings. The summed E-state index contributed by atoms with van der Waals surface area (Å²) in [6.07, 6.45) is 0. The number of hydrogen-bond acceptors (Lipinski definition) is 4. The average molecular weight is 285 g/mol. The van der Waals surface area contributed by atoms with Gasteiger partial charge in [0.2, 0.25) is 5.91 Å². The summed E-state index contributed by atoms with van der Waals surface area (Å²) in [6.45, 7) is 1.20. The van der Waals surface area contributed by atoms with Crippen molar-refractivity contribution < 1.29 is 24.0 Å². The van der Waals surface area contributed by atoms with Gasteiger partial charge in [0.15, 0.2) is 0 Å². The van der Waals surface area contributed by atoms with E-state index in [1.54, 1.807) is 12.1 Å². The van der Waals surface area contributed by atoms with Crippen LogP contribution in [0.25, 0.3) is 0 Å². The molecule has 19 heavy (non-hydrogen) atoms. The second kappa shape index (κ2) is 6.89. The fourth-order valence-electron chi connectivity index (χ4n) is 1.50. The molecule has 1 amide bonds. The molecule has 2 atom stereocenters. The number of carbonyl (C=O) groups excluding carboxylic acids is 1. The molecule has 3 N–H and O–H groups in total. The van der Waals surface area contributed by atoms with Crippen molar-refractivity contribution in [1.29, 1.82) is 0 Å². The lowest BCUT2D eigenvalue weighted by Crippen LogP contribution is -2.43. The fraction of sp³-hybridized carbons (Fsp3) is 0.333. The first kappa shape index (κ1) is 15.2. The Kier molecular flexibility index (Phi) is 5.50. The molecule has 0 radical (unpaired) electrons. The van der Waals surface area contributed by atoms with E-state index in [1.807, 2.05) is 0 Å². The van der Waals surface area contributed by atoms with E-state index >= 15 is 0 Å². The summed E-state index contributed by atoms with van der Waals surface area (Å²) < 4.78 is 11.8. The zero-order chi connectivity index (χ0) is 14.4. The third kappa shape index (κ3) is 5.52. The van der Waals surface area contributed by atoms with Crippen LogP contribution in [-0.2, 0) is 26.1 Å². The summed E-state index contributed by atoms with van der Waals surface area (Å²) in [5.74, 6) is -1.70. The van der Waals surface area contributed by atoms with Crippen molar-refractivity contribution in [1.82, 2.24) is 5.32 Å². The zero-order valence-electron chi connectivity index (χ0n) is 10.3. The Balaban J connectivity index is 2.62. The zero-order valence-corrected chi connectivity index (χ0v) is 11.1. The molecule has 0 aliphatic heterocycles. The summed E-state index contributed by atoms with van der Waals surface area (Å²) in [7, 11) is -1.45. The minimum absolute atomic E-state index is 0.0612. The molecule has 0 aromatic heterocycles. The van der Waals surface area contributed by atoms with Crippen molar-refractivity contribution in [2.24, 2.45) is 0 Å². The molecule has 6 nitrogen and oxygen atoms in total. The highest BCUT2D eigenvalue weighted by molar-refractivity contribution is 7.84. The molecule has 7 heteroatoms. The standard InChI is InChI=1S/C12H15NO5S/c1-8(14)13-11(12(16)17)7-19(18)6-9-3-2-4-10(15)5-9/h2-5,11,15H,6-7H2,1H3,(H,13,14)(H,16,17). The molecular formula is C12H15NO5S. The molecule has 0 fully saturated rings. The van der Waals surface area contributed by atoms with Gasteiger partial charge in [-0.3, -0.25) is 9.00 Å². The van der Waals surface area contributed by atoms with E-state index in [1.165, 1.54) is 19.1 Å². The summed E-state index contributed by atoms with van der Waals surface area (Å²) >= 11 is 0. The van der Waals surface area contributed by atoms with Gasteiger partial charge in [0.25, 0.3) is 0 Å². The van der Waals surface area contributed by atoms with Crippen molar-refractivity contribution in [3.05, 3.63) is 29.8 Å². The molecule has 0 bridgehead atoms. The SMILES string of the molecule is CC(=O)NC(CS(=O)Cc1cccc(O)c1)C(=O)O. The predicted molar refractivity (Wildman–Crippen MR) is 70.1 cm³/mol. The first-order valence-corrected chi connectivity index (χ1v) is 7.00. The van der Waals surface area contributed by atoms with Crippen molar-refractivity contribution in [3.63, 3.8) is 0 Å². The Labute approximate surface area is 112 Å². The number of aliphatic carboxylic acids is 1. The number of carboxylic acid groups (broad SMARTS) is 1. The fourth-order valence-corrected chi connectivity index (χ4v) is 2.76. The molecule has 0 saturated carbocycles. The highest BCUT2D eigenvalue weighted by Gasteiger charge is 2.21. The third-order valence-corrected chi connectivity index (χ3v) is 3.63. The Morgan fingerprint density at radius 3 is 2.63 bits per heavy atom. The van der Waals surface area contributed by atoms with Crippen molar-refractivity contribution in [2.45, 2.75) is 18.7 Å².